The number of nitrogens with zero attached hydrogens (tertiary/aromatic N) is 2. The van der Waals surface area contributed by atoms with E-state index >= 15 is 0 Å². The highest BCUT2D eigenvalue weighted by Gasteiger charge is 2.45. The fraction of sp³-hybridized carbons (Fsp3) is 0.200. The first-order chi connectivity index (χ1) is 13.4. The van der Waals surface area contributed by atoms with E-state index in [0.717, 1.165) is 12.1 Å². The topological polar surface area (TPSA) is 108 Å². The first kappa shape index (κ1) is 19.2. The number of rotatable bonds is 6. The Labute approximate surface area is 159 Å². The molecule has 0 spiro atoms. The summed E-state index contributed by atoms with van der Waals surface area (Å²) < 4.78 is 13.2. The highest BCUT2D eigenvalue weighted by molar-refractivity contribution is 6.46. The van der Waals surface area contributed by atoms with Crippen molar-refractivity contribution in [1.29, 1.82) is 0 Å². The van der Waals surface area contributed by atoms with Crippen LogP contribution in [0.2, 0.25) is 0 Å². The minimum Gasteiger partial charge on any atom is -0.507 e. The molecule has 7 nitrogen and oxygen atoms in total. The van der Waals surface area contributed by atoms with Gasteiger partial charge < -0.3 is 15.1 Å². The maximum absolute atomic E-state index is 13.2. The number of carboxylic acid groups (broad SMARTS) is 1. The van der Waals surface area contributed by atoms with Crippen LogP contribution in [0.3, 0.4) is 0 Å². The van der Waals surface area contributed by atoms with E-state index in [9.17, 15) is 23.9 Å². The van der Waals surface area contributed by atoms with Crippen LogP contribution in [-0.4, -0.2) is 44.3 Å². The van der Waals surface area contributed by atoms with Crippen LogP contribution in [0.1, 0.15) is 30.0 Å². The van der Waals surface area contributed by atoms with Gasteiger partial charge in [-0.3, -0.25) is 19.4 Å². The molecule has 144 valence electrons. The van der Waals surface area contributed by atoms with Crippen molar-refractivity contribution in [2.45, 2.75) is 18.9 Å². The molecule has 0 radical (unpaired) electrons. The Morgan fingerprint density at radius 1 is 1.14 bits per heavy atom. The molecular formula is C20H17FN2O5. The van der Waals surface area contributed by atoms with Crippen molar-refractivity contribution in [3.63, 3.8) is 0 Å². The number of hydrogen-bond acceptors (Lipinski definition) is 5. The molecule has 1 aromatic heterocycles. The van der Waals surface area contributed by atoms with Gasteiger partial charge in [-0.05, 0) is 42.3 Å². The molecule has 0 saturated carbocycles. The third-order valence-electron chi connectivity index (χ3n) is 4.45. The molecule has 1 aliphatic rings. The highest BCUT2D eigenvalue weighted by Crippen LogP contribution is 2.39. The van der Waals surface area contributed by atoms with E-state index in [0.29, 0.717) is 5.56 Å². The number of aliphatic hydroxyl groups excluding tert-OH is 1. The molecule has 0 aliphatic carbocycles. The van der Waals surface area contributed by atoms with Crippen molar-refractivity contribution in [2.24, 2.45) is 0 Å². The summed E-state index contributed by atoms with van der Waals surface area (Å²) in [6, 6.07) is 7.27. The monoisotopic (exact) mass is 384 g/mol. The molecule has 1 atom stereocenters. The lowest BCUT2D eigenvalue weighted by Crippen LogP contribution is -2.31. The number of ketones is 1. The Hall–Kier alpha value is -3.55. The fourth-order valence-corrected chi connectivity index (χ4v) is 3.16. The Morgan fingerprint density at radius 2 is 1.86 bits per heavy atom. The highest BCUT2D eigenvalue weighted by atomic mass is 19.1. The van der Waals surface area contributed by atoms with E-state index in [1.807, 2.05) is 0 Å². The van der Waals surface area contributed by atoms with Crippen molar-refractivity contribution < 1.29 is 29.0 Å². The lowest BCUT2D eigenvalue weighted by atomic mass is 9.96. The molecule has 1 unspecified atom stereocenters. The molecule has 0 bridgehead atoms. The van der Waals surface area contributed by atoms with Gasteiger partial charge in [0, 0.05) is 30.9 Å². The van der Waals surface area contributed by atoms with Crippen LogP contribution in [0.15, 0.2) is 54.4 Å². The van der Waals surface area contributed by atoms with Gasteiger partial charge in [0.05, 0.1) is 11.6 Å². The Balaban J connectivity index is 2.07. The Morgan fingerprint density at radius 3 is 2.46 bits per heavy atom. The minimum absolute atomic E-state index is 0.0244. The van der Waals surface area contributed by atoms with Crippen molar-refractivity contribution in [1.82, 2.24) is 9.88 Å². The van der Waals surface area contributed by atoms with Gasteiger partial charge in [0.25, 0.3) is 11.7 Å². The number of carbonyl (C=O) groups is 3. The molecule has 1 amide bonds. The number of amides is 1. The number of aromatic nitrogens is 1. The molecule has 1 fully saturated rings. The Bertz CT molecular complexity index is 941. The predicted octanol–water partition coefficient (Wildman–Crippen LogP) is 2.51. The molecule has 1 saturated heterocycles. The van der Waals surface area contributed by atoms with Gasteiger partial charge in [0.1, 0.15) is 11.6 Å². The molecule has 2 heterocycles. The third kappa shape index (κ3) is 3.75. The van der Waals surface area contributed by atoms with E-state index in [1.165, 1.54) is 29.4 Å². The molecule has 2 aromatic rings. The van der Waals surface area contributed by atoms with E-state index in [2.05, 4.69) is 4.98 Å². The zero-order valence-electron chi connectivity index (χ0n) is 14.7. The average molecular weight is 384 g/mol. The van der Waals surface area contributed by atoms with Crippen LogP contribution in [-0.2, 0) is 14.4 Å². The summed E-state index contributed by atoms with van der Waals surface area (Å²) >= 11 is 0. The van der Waals surface area contributed by atoms with Gasteiger partial charge in [-0.15, -0.1) is 0 Å². The zero-order chi connectivity index (χ0) is 20.3. The second kappa shape index (κ2) is 7.99. The summed E-state index contributed by atoms with van der Waals surface area (Å²) in [7, 11) is 0. The summed E-state index contributed by atoms with van der Waals surface area (Å²) in [5.74, 6) is -3.66. The summed E-state index contributed by atoms with van der Waals surface area (Å²) in [6.07, 6.45) is 2.98. The molecule has 1 aromatic carbocycles. The number of hydrogen-bond donors (Lipinski definition) is 2. The van der Waals surface area contributed by atoms with Gasteiger partial charge >= 0.3 is 5.97 Å². The zero-order valence-corrected chi connectivity index (χ0v) is 14.7. The Kier molecular flexibility index (Phi) is 5.49. The van der Waals surface area contributed by atoms with Gasteiger partial charge in [0.15, 0.2) is 0 Å². The molecule has 2 N–H and O–H groups in total. The SMILES string of the molecule is O=C(O)CCCN1C(=O)C(=O)/C(=C(/O)c2ccc(F)cc2)C1c1cccnc1. The number of carbonyl (C=O) groups excluding carboxylic acids is 2. The van der Waals surface area contributed by atoms with Gasteiger partial charge in [0.2, 0.25) is 0 Å². The van der Waals surface area contributed by atoms with Crippen LogP contribution in [0.4, 0.5) is 4.39 Å². The third-order valence-corrected chi connectivity index (χ3v) is 4.45. The summed E-state index contributed by atoms with van der Waals surface area (Å²) in [4.78, 5) is 41.3. The van der Waals surface area contributed by atoms with E-state index < -0.39 is 35.3 Å². The van der Waals surface area contributed by atoms with E-state index in [-0.39, 0.29) is 30.5 Å². The standard InChI is InChI=1S/C20H17FN2O5/c21-14-7-5-12(6-8-14)18(26)16-17(13-3-1-9-22-11-13)23(20(28)19(16)27)10-2-4-15(24)25/h1,3,5-9,11,17,26H,2,4,10H2,(H,24,25)/b18-16+. The number of aliphatic hydroxyl groups is 1. The lowest BCUT2D eigenvalue weighted by molar-refractivity contribution is -0.140. The van der Waals surface area contributed by atoms with Crippen LogP contribution >= 0.6 is 0 Å². The number of pyridine rings is 1. The van der Waals surface area contributed by atoms with Crippen LogP contribution in [0.25, 0.3) is 5.76 Å². The summed E-state index contributed by atoms with van der Waals surface area (Å²) in [5.41, 5.74) is 0.555. The van der Waals surface area contributed by atoms with Crippen molar-refractivity contribution in [2.75, 3.05) is 6.54 Å². The number of Topliss-reactive ketones (excluding diaryl/α,β-unsaturated/α-hetero) is 1. The molecule has 3 rings (SSSR count). The van der Waals surface area contributed by atoms with Crippen molar-refractivity contribution >= 4 is 23.4 Å². The lowest BCUT2D eigenvalue weighted by Gasteiger charge is -2.24. The van der Waals surface area contributed by atoms with Gasteiger partial charge in [-0.25, -0.2) is 4.39 Å². The molecular weight excluding hydrogens is 367 g/mol. The van der Waals surface area contributed by atoms with E-state index in [1.54, 1.807) is 12.1 Å². The molecule has 1 aliphatic heterocycles. The summed E-state index contributed by atoms with van der Waals surface area (Å²) in [6.45, 7) is 0.0244. The number of carboxylic acids is 1. The van der Waals surface area contributed by atoms with Crippen molar-refractivity contribution in [3.8, 4) is 0 Å². The van der Waals surface area contributed by atoms with Gasteiger partial charge in [-0.2, -0.15) is 0 Å². The smallest absolute Gasteiger partial charge is 0.303 e. The number of likely N-dealkylation sites (tertiary alicyclic amines) is 1. The first-order valence-corrected chi connectivity index (χ1v) is 8.56. The largest absolute Gasteiger partial charge is 0.507 e. The molecule has 28 heavy (non-hydrogen) atoms. The molecule has 8 heteroatoms. The van der Waals surface area contributed by atoms with Crippen LogP contribution in [0.5, 0.6) is 0 Å². The number of halogens is 1. The maximum Gasteiger partial charge on any atom is 0.303 e. The second-order valence-electron chi connectivity index (χ2n) is 6.28. The first-order valence-electron chi connectivity index (χ1n) is 8.56. The predicted molar refractivity (Wildman–Crippen MR) is 96.5 cm³/mol. The second-order valence-corrected chi connectivity index (χ2v) is 6.28. The summed E-state index contributed by atoms with van der Waals surface area (Å²) in [5, 5.41) is 19.5. The number of aliphatic carboxylic acids is 1. The average Bonchev–Trinajstić information content (AvgIpc) is 2.93. The van der Waals surface area contributed by atoms with Crippen molar-refractivity contribution in [3.05, 3.63) is 71.3 Å². The number of benzene rings is 1. The van der Waals surface area contributed by atoms with Crippen LogP contribution < -0.4 is 0 Å². The minimum atomic E-state index is -1.01. The van der Waals surface area contributed by atoms with Gasteiger partial charge in [-0.1, -0.05) is 6.07 Å². The fourth-order valence-electron chi connectivity index (χ4n) is 3.16. The quantitative estimate of drug-likeness (QED) is 0.450. The normalized spacial score (nSPS) is 18.5. The maximum atomic E-state index is 13.2. The van der Waals surface area contributed by atoms with E-state index in [4.69, 9.17) is 5.11 Å². The van der Waals surface area contributed by atoms with Crippen LogP contribution in [0, 0.1) is 5.82 Å².